The van der Waals surface area contributed by atoms with Crippen LogP contribution in [0.3, 0.4) is 0 Å². The molecule has 0 aliphatic heterocycles. The molecule has 1 aromatic heterocycles. The van der Waals surface area contributed by atoms with E-state index in [-0.39, 0.29) is 0 Å². The number of para-hydroxylation sites is 1. The molecule has 3 heteroatoms. The first-order chi connectivity index (χ1) is 6.18. The second-order valence-electron chi connectivity index (χ2n) is 3.13. The lowest BCUT2D eigenvalue weighted by Crippen LogP contribution is -1.98. The second kappa shape index (κ2) is 2.69. The molecular formula is C10H11N3. The Hall–Kier alpha value is -1.64. The fourth-order valence-electron chi connectivity index (χ4n) is 1.44. The smallest absolute Gasteiger partial charge is 0.135 e. The van der Waals surface area contributed by atoms with Crippen LogP contribution in [0.5, 0.6) is 0 Å². The average Bonchev–Trinajstić information content (AvgIpc) is 2.07. The molecule has 0 bridgehead atoms. The van der Waals surface area contributed by atoms with Crippen molar-refractivity contribution >= 4 is 16.7 Å². The zero-order chi connectivity index (χ0) is 9.42. The van der Waals surface area contributed by atoms with Crippen LogP contribution in [0.25, 0.3) is 10.9 Å². The van der Waals surface area contributed by atoms with Crippen molar-refractivity contribution in [1.82, 2.24) is 9.97 Å². The minimum absolute atomic E-state index is 0.561. The molecule has 2 rings (SSSR count). The predicted molar refractivity (Wildman–Crippen MR) is 53.4 cm³/mol. The van der Waals surface area contributed by atoms with Crippen LogP contribution in [0.4, 0.5) is 5.82 Å². The normalized spacial score (nSPS) is 10.6. The molecule has 0 aliphatic rings. The number of nitrogens with zero attached hydrogens (tertiary/aromatic N) is 2. The Kier molecular flexibility index (Phi) is 1.65. The molecule has 66 valence electrons. The van der Waals surface area contributed by atoms with E-state index in [0.717, 1.165) is 22.3 Å². The quantitative estimate of drug-likeness (QED) is 0.661. The maximum atomic E-state index is 5.77. The van der Waals surface area contributed by atoms with Crippen LogP contribution < -0.4 is 5.73 Å². The van der Waals surface area contributed by atoms with E-state index in [1.54, 1.807) is 0 Å². The van der Waals surface area contributed by atoms with Crippen LogP contribution in [-0.2, 0) is 0 Å². The third kappa shape index (κ3) is 1.22. The Balaban J connectivity index is 2.94. The predicted octanol–water partition coefficient (Wildman–Crippen LogP) is 1.83. The molecule has 2 aromatic rings. The summed E-state index contributed by atoms with van der Waals surface area (Å²) in [6, 6.07) is 5.93. The van der Waals surface area contributed by atoms with Gasteiger partial charge in [-0.25, -0.2) is 9.97 Å². The molecule has 0 saturated heterocycles. The van der Waals surface area contributed by atoms with Crippen molar-refractivity contribution in [2.24, 2.45) is 0 Å². The van der Waals surface area contributed by atoms with Gasteiger partial charge in [0.15, 0.2) is 0 Å². The lowest BCUT2D eigenvalue weighted by atomic mass is 10.1. The number of benzene rings is 1. The number of hydrogen-bond acceptors (Lipinski definition) is 3. The van der Waals surface area contributed by atoms with Gasteiger partial charge in [0.1, 0.15) is 11.6 Å². The summed E-state index contributed by atoms with van der Waals surface area (Å²) in [5.74, 6) is 1.28. The van der Waals surface area contributed by atoms with Gasteiger partial charge in [0.05, 0.1) is 5.52 Å². The fraction of sp³-hybridized carbons (Fsp3) is 0.200. The van der Waals surface area contributed by atoms with Gasteiger partial charge in [0.2, 0.25) is 0 Å². The number of fused-ring (bicyclic) bond motifs is 1. The van der Waals surface area contributed by atoms with Gasteiger partial charge >= 0.3 is 0 Å². The summed E-state index contributed by atoms with van der Waals surface area (Å²) >= 11 is 0. The van der Waals surface area contributed by atoms with E-state index in [1.807, 2.05) is 32.0 Å². The molecule has 1 aromatic carbocycles. The largest absolute Gasteiger partial charge is 0.383 e. The highest BCUT2D eigenvalue weighted by Crippen LogP contribution is 2.20. The van der Waals surface area contributed by atoms with Crippen molar-refractivity contribution in [2.75, 3.05) is 5.73 Å². The van der Waals surface area contributed by atoms with Crippen LogP contribution in [-0.4, -0.2) is 9.97 Å². The van der Waals surface area contributed by atoms with Crippen LogP contribution in [0.15, 0.2) is 18.2 Å². The summed E-state index contributed by atoms with van der Waals surface area (Å²) in [6.07, 6.45) is 0. The minimum Gasteiger partial charge on any atom is -0.383 e. The maximum Gasteiger partial charge on any atom is 0.135 e. The van der Waals surface area contributed by atoms with Gasteiger partial charge in [-0.2, -0.15) is 0 Å². The molecule has 0 atom stereocenters. The fourth-order valence-corrected chi connectivity index (χ4v) is 1.44. The van der Waals surface area contributed by atoms with Gasteiger partial charge in [0, 0.05) is 5.39 Å². The Morgan fingerprint density at radius 2 is 1.92 bits per heavy atom. The molecule has 1 heterocycles. The Morgan fingerprint density at radius 3 is 2.69 bits per heavy atom. The van der Waals surface area contributed by atoms with E-state index in [0.29, 0.717) is 5.82 Å². The Bertz CT molecular complexity index is 463. The Morgan fingerprint density at radius 1 is 1.15 bits per heavy atom. The molecule has 0 amide bonds. The molecule has 0 spiro atoms. The zero-order valence-corrected chi connectivity index (χ0v) is 7.70. The monoisotopic (exact) mass is 173 g/mol. The molecular weight excluding hydrogens is 162 g/mol. The molecule has 0 saturated carbocycles. The van der Waals surface area contributed by atoms with Crippen molar-refractivity contribution in [3.8, 4) is 0 Å². The van der Waals surface area contributed by atoms with Gasteiger partial charge in [-0.15, -0.1) is 0 Å². The number of nitrogen functional groups attached to an aromatic ring is 1. The standard InChI is InChI=1S/C10H11N3/c1-6-4-3-5-8-9(6)12-7(2)13-10(8)11/h3-5H,1-2H3,(H2,11,12,13). The average molecular weight is 173 g/mol. The van der Waals surface area contributed by atoms with Gasteiger partial charge in [-0.1, -0.05) is 12.1 Å². The Labute approximate surface area is 76.6 Å². The van der Waals surface area contributed by atoms with Gasteiger partial charge in [-0.3, -0.25) is 0 Å². The number of aryl methyl sites for hydroxylation is 2. The SMILES string of the molecule is Cc1nc(N)c2cccc(C)c2n1. The third-order valence-electron chi connectivity index (χ3n) is 2.07. The number of rotatable bonds is 0. The van der Waals surface area contributed by atoms with Crippen molar-refractivity contribution in [1.29, 1.82) is 0 Å². The van der Waals surface area contributed by atoms with Crippen molar-refractivity contribution < 1.29 is 0 Å². The number of aromatic nitrogens is 2. The molecule has 3 nitrogen and oxygen atoms in total. The highest BCUT2D eigenvalue weighted by molar-refractivity contribution is 5.89. The number of hydrogen-bond donors (Lipinski definition) is 1. The summed E-state index contributed by atoms with van der Waals surface area (Å²) in [5, 5.41) is 0.936. The zero-order valence-electron chi connectivity index (χ0n) is 7.70. The first-order valence-electron chi connectivity index (χ1n) is 4.18. The maximum absolute atomic E-state index is 5.77. The lowest BCUT2D eigenvalue weighted by Gasteiger charge is -2.04. The lowest BCUT2D eigenvalue weighted by molar-refractivity contribution is 1.09. The number of anilines is 1. The minimum atomic E-state index is 0.561. The van der Waals surface area contributed by atoms with Crippen LogP contribution in [0.1, 0.15) is 11.4 Å². The van der Waals surface area contributed by atoms with Crippen LogP contribution in [0.2, 0.25) is 0 Å². The first-order valence-corrected chi connectivity index (χ1v) is 4.18. The second-order valence-corrected chi connectivity index (χ2v) is 3.13. The van der Waals surface area contributed by atoms with E-state index in [2.05, 4.69) is 9.97 Å². The van der Waals surface area contributed by atoms with Gasteiger partial charge in [-0.05, 0) is 25.5 Å². The van der Waals surface area contributed by atoms with Crippen molar-refractivity contribution in [3.63, 3.8) is 0 Å². The molecule has 0 fully saturated rings. The molecule has 2 N–H and O–H groups in total. The topological polar surface area (TPSA) is 51.8 Å². The third-order valence-corrected chi connectivity index (χ3v) is 2.07. The molecule has 0 unspecified atom stereocenters. The summed E-state index contributed by atoms with van der Waals surface area (Å²) in [5.41, 5.74) is 7.86. The summed E-state index contributed by atoms with van der Waals surface area (Å²) < 4.78 is 0. The van der Waals surface area contributed by atoms with Crippen molar-refractivity contribution in [2.45, 2.75) is 13.8 Å². The van der Waals surface area contributed by atoms with E-state index in [4.69, 9.17) is 5.73 Å². The molecule has 0 aliphatic carbocycles. The summed E-state index contributed by atoms with van der Waals surface area (Å²) in [4.78, 5) is 8.45. The van der Waals surface area contributed by atoms with Crippen LogP contribution >= 0.6 is 0 Å². The highest BCUT2D eigenvalue weighted by atomic mass is 14.9. The summed E-state index contributed by atoms with van der Waals surface area (Å²) in [6.45, 7) is 3.87. The summed E-state index contributed by atoms with van der Waals surface area (Å²) in [7, 11) is 0. The molecule has 0 radical (unpaired) electrons. The van der Waals surface area contributed by atoms with Gasteiger partial charge in [0.25, 0.3) is 0 Å². The van der Waals surface area contributed by atoms with E-state index >= 15 is 0 Å². The highest BCUT2D eigenvalue weighted by Gasteiger charge is 2.03. The van der Waals surface area contributed by atoms with E-state index < -0.39 is 0 Å². The molecule has 13 heavy (non-hydrogen) atoms. The van der Waals surface area contributed by atoms with E-state index in [1.165, 1.54) is 0 Å². The first kappa shape index (κ1) is 7.98. The van der Waals surface area contributed by atoms with Crippen molar-refractivity contribution in [3.05, 3.63) is 29.6 Å². The number of nitrogens with two attached hydrogens (primary N) is 1. The van der Waals surface area contributed by atoms with Crippen LogP contribution in [0, 0.1) is 13.8 Å². The van der Waals surface area contributed by atoms with Gasteiger partial charge < -0.3 is 5.73 Å². The van der Waals surface area contributed by atoms with E-state index in [9.17, 15) is 0 Å².